The third-order valence-electron chi connectivity index (χ3n) is 2.15. The Morgan fingerprint density at radius 1 is 1.24 bits per heavy atom. The Bertz CT molecular complexity index is 408. The van der Waals surface area contributed by atoms with Gasteiger partial charge in [-0.25, -0.2) is 0 Å². The second-order valence-electron chi connectivity index (χ2n) is 4.57. The molecule has 0 saturated carbocycles. The molecule has 3 N–H and O–H groups in total. The van der Waals surface area contributed by atoms with Crippen molar-refractivity contribution in [1.29, 1.82) is 0 Å². The second-order valence-corrected chi connectivity index (χ2v) is 4.57. The number of amides is 2. The number of anilines is 1. The van der Waals surface area contributed by atoms with Crippen LogP contribution in [0.1, 0.15) is 38.1 Å². The predicted molar refractivity (Wildman–Crippen MR) is 66.9 cm³/mol. The Morgan fingerprint density at radius 3 is 2.41 bits per heavy atom. The van der Waals surface area contributed by atoms with Crippen molar-refractivity contribution in [1.82, 2.24) is 10.3 Å². The van der Waals surface area contributed by atoms with Crippen LogP contribution < -0.4 is 10.6 Å². The summed E-state index contributed by atoms with van der Waals surface area (Å²) in [6.07, 6.45) is 1.58. The van der Waals surface area contributed by atoms with Crippen LogP contribution in [0.5, 0.6) is 0 Å². The van der Waals surface area contributed by atoms with Gasteiger partial charge >= 0.3 is 0 Å². The van der Waals surface area contributed by atoms with Crippen LogP contribution >= 0.6 is 0 Å². The molecule has 0 atom stereocenters. The molecule has 1 rings (SSSR count). The maximum Gasteiger partial charge on any atom is 0.253 e. The third-order valence-corrected chi connectivity index (χ3v) is 2.15. The maximum atomic E-state index is 11.6. The number of carbonyl (C=O) groups is 2. The molecule has 0 radical (unpaired) electrons. The molecular formula is C12H19N3O2. The highest BCUT2D eigenvalue weighted by Gasteiger charge is 2.12. The molecule has 0 aromatic carbocycles. The molecule has 1 aromatic heterocycles. The fourth-order valence-electron chi connectivity index (χ4n) is 1.22. The lowest BCUT2D eigenvalue weighted by atomic mass is 10.2. The summed E-state index contributed by atoms with van der Waals surface area (Å²) in [7, 11) is 0. The number of hydrogen-bond acceptors (Lipinski definition) is 2. The highest BCUT2D eigenvalue weighted by Crippen LogP contribution is 2.10. The van der Waals surface area contributed by atoms with Crippen molar-refractivity contribution in [3.8, 4) is 0 Å². The van der Waals surface area contributed by atoms with Gasteiger partial charge in [-0.3, -0.25) is 9.59 Å². The Balaban J connectivity index is 2.65. The number of nitrogens with one attached hydrogen (secondary N) is 3. The molecule has 1 aromatic rings. The van der Waals surface area contributed by atoms with Crippen molar-refractivity contribution in [3.63, 3.8) is 0 Å². The highest BCUT2D eigenvalue weighted by molar-refractivity contribution is 5.97. The largest absolute Gasteiger partial charge is 0.350 e. The molecule has 94 valence electrons. The van der Waals surface area contributed by atoms with E-state index in [1.165, 1.54) is 0 Å². The summed E-state index contributed by atoms with van der Waals surface area (Å²) in [5, 5.41) is 5.47. The summed E-state index contributed by atoms with van der Waals surface area (Å²) in [4.78, 5) is 25.9. The van der Waals surface area contributed by atoms with Gasteiger partial charge in [-0.15, -0.1) is 0 Å². The molecule has 0 saturated heterocycles. The first-order valence-electron chi connectivity index (χ1n) is 5.70. The van der Waals surface area contributed by atoms with E-state index < -0.39 is 0 Å². The number of aromatic nitrogens is 1. The fraction of sp³-hybridized carbons (Fsp3) is 0.500. The molecule has 0 aliphatic carbocycles. The van der Waals surface area contributed by atoms with E-state index in [2.05, 4.69) is 15.6 Å². The first-order chi connectivity index (χ1) is 7.90. The molecule has 17 heavy (non-hydrogen) atoms. The smallest absolute Gasteiger partial charge is 0.253 e. The van der Waals surface area contributed by atoms with Crippen molar-refractivity contribution in [2.75, 3.05) is 5.32 Å². The number of aromatic amines is 1. The van der Waals surface area contributed by atoms with Crippen LogP contribution in [0.3, 0.4) is 0 Å². The number of hydrogen-bond donors (Lipinski definition) is 3. The van der Waals surface area contributed by atoms with E-state index >= 15 is 0 Å². The first kappa shape index (κ1) is 13.3. The molecule has 1 heterocycles. The highest BCUT2D eigenvalue weighted by atomic mass is 16.2. The minimum Gasteiger partial charge on any atom is -0.350 e. The molecule has 0 unspecified atom stereocenters. The predicted octanol–water partition coefficient (Wildman–Crippen LogP) is 1.75. The summed E-state index contributed by atoms with van der Waals surface area (Å²) in [5.74, 6) is 0.216. The molecule has 0 bridgehead atoms. The van der Waals surface area contributed by atoms with Gasteiger partial charge in [0, 0.05) is 18.2 Å². The molecule has 5 heteroatoms. The van der Waals surface area contributed by atoms with Crippen molar-refractivity contribution < 1.29 is 9.59 Å². The van der Waals surface area contributed by atoms with Crippen molar-refractivity contribution >= 4 is 17.6 Å². The van der Waals surface area contributed by atoms with Crippen LogP contribution in [0, 0.1) is 5.92 Å². The Morgan fingerprint density at radius 2 is 1.88 bits per heavy atom. The van der Waals surface area contributed by atoms with Gasteiger partial charge in [-0.2, -0.15) is 0 Å². The van der Waals surface area contributed by atoms with Gasteiger partial charge in [0.15, 0.2) is 0 Å². The number of carbonyl (C=O) groups excluding carboxylic acids is 2. The van der Waals surface area contributed by atoms with Gasteiger partial charge in [0.1, 0.15) is 5.82 Å². The summed E-state index contributed by atoms with van der Waals surface area (Å²) in [6.45, 7) is 7.41. The van der Waals surface area contributed by atoms with E-state index in [1.54, 1.807) is 12.3 Å². The van der Waals surface area contributed by atoms with E-state index in [4.69, 9.17) is 0 Å². The average molecular weight is 237 g/mol. The molecule has 0 aliphatic heterocycles. The molecule has 0 spiro atoms. The van der Waals surface area contributed by atoms with Crippen LogP contribution in [0.2, 0.25) is 0 Å². The van der Waals surface area contributed by atoms with E-state index in [9.17, 15) is 9.59 Å². The van der Waals surface area contributed by atoms with Crippen LogP contribution in [0.4, 0.5) is 5.82 Å². The van der Waals surface area contributed by atoms with E-state index in [1.807, 2.05) is 27.7 Å². The summed E-state index contributed by atoms with van der Waals surface area (Å²) >= 11 is 0. The zero-order valence-corrected chi connectivity index (χ0v) is 10.6. The van der Waals surface area contributed by atoms with E-state index in [0.717, 1.165) is 0 Å². The van der Waals surface area contributed by atoms with E-state index in [0.29, 0.717) is 11.4 Å². The fourth-order valence-corrected chi connectivity index (χ4v) is 1.22. The normalized spacial score (nSPS) is 10.7. The quantitative estimate of drug-likeness (QED) is 0.746. The third kappa shape index (κ3) is 3.94. The van der Waals surface area contributed by atoms with E-state index in [-0.39, 0.29) is 23.8 Å². The lowest BCUT2D eigenvalue weighted by Gasteiger charge is -2.06. The molecule has 5 nitrogen and oxygen atoms in total. The van der Waals surface area contributed by atoms with Gasteiger partial charge < -0.3 is 15.6 Å². The standard InChI is InChI=1S/C12H19N3O2/c1-7(2)11(16)15-10-5-9(6-13-10)12(17)14-8(3)4/h5-8,13H,1-4H3,(H,14,17)(H,15,16). The van der Waals surface area contributed by atoms with Gasteiger partial charge in [0.2, 0.25) is 5.91 Å². The first-order valence-corrected chi connectivity index (χ1v) is 5.70. The Kier molecular flexibility index (Phi) is 4.31. The number of H-pyrrole nitrogens is 1. The zero-order chi connectivity index (χ0) is 13.0. The molecular weight excluding hydrogens is 218 g/mol. The lowest BCUT2D eigenvalue weighted by molar-refractivity contribution is -0.118. The summed E-state index contributed by atoms with van der Waals surface area (Å²) < 4.78 is 0. The van der Waals surface area contributed by atoms with Crippen LogP contribution in [0.15, 0.2) is 12.3 Å². The van der Waals surface area contributed by atoms with Crippen LogP contribution in [-0.2, 0) is 4.79 Å². The number of rotatable bonds is 4. The molecule has 2 amide bonds. The lowest BCUT2D eigenvalue weighted by Crippen LogP contribution is -2.29. The second kappa shape index (κ2) is 5.52. The van der Waals surface area contributed by atoms with Crippen molar-refractivity contribution in [3.05, 3.63) is 17.8 Å². The van der Waals surface area contributed by atoms with Gasteiger partial charge in [-0.1, -0.05) is 13.8 Å². The van der Waals surface area contributed by atoms with Gasteiger partial charge in [-0.05, 0) is 19.9 Å². The molecule has 0 aliphatic rings. The Hall–Kier alpha value is -1.78. The van der Waals surface area contributed by atoms with Crippen molar-refractivity contribution in [2.24, 2.45) is 5.92 Å². The van der Waals surface area contributed by atoms with Gasteiger partial charge in [0.25, 0.3) is 5.91 Å². The monoisotopic (exact) mass is 237 g/mol. The summed E-state index contributed by atoms with van der Waals surface area (Å²) in [6, 6.07) is 1.71. The van der Waals surface area contributed by atoms with Crippen molar-refractivity contribution in [2.45, 2.75) is 33.7 Å². The van der Waals surface area contributed by atoms with Crippen LogP contribution in [0.25, 0.3) is 0 Å². The topological polar surface area (TPSA) is 74.0 Å². The average Bonchev–Trinajstić information content (AvgIpc) is 2.65. The minimum absolute atomic E-state index is 0.0809. The zero-order valence-electron chi connectivity index (χ0n) is 10.6. The SMILES string of the molecule is CC(C)NC(=O)c1c[nH]c(NC(=O)C(C)C)c1. The minimum atomic E-state index is -0.152. The van der Waals surface area contributed by atoms with Crippen LogP contribution in [-0.4, -0.2) is 22.8 Å². The van der Waals surface area contributed by atoms with Gasteiger partial charge in [0.05, 0.1) is 5.56 Å². The maximum absolute atomic E-state index is 11.6. The Labute approximate surface area is 101 Å². The molecule has 0 fully saturated rings. The summed E-state index contributed by atoms with van der Waals surface area (Å²) in [5.41, 5.74) is 0.512.